The average Bonchev–Trinajstić information content (AvgIpc) is 2.14. The zero-order valence-electron chi connectivity index (χ0n) is 9.94. The van der Waals surface area contributed by atoms with Crippen molar-refractivity contribution in [3.05, 3.63) is 11.8 Å². The van der Waals surface area contributed by atoms with Crippen LogP contribution in [0, 0.1) is 11.3 Å². The lowest BCUT2D eigenvalue weighted by Gasteiger charge is -2.30. The summed E-state index contributed by atoms with van der Waals surface area (Å²) >= 11 is 0. The van der Waals surface area contributed by atoms with Gasteiger partial charge in [-0.1, -0.05) is 27.7 Å². The molecule has 0 bridgehead atoms. The predicted octanol–water partition coefficient (Wildman–Crippen LogP) is 3.12. The maximum absolute atomic E-state index is 12.3. The first-order valence-electron chi connectivity index (χ1n) is 5.19. The number of rotatable bonds is 1. The molecule has 0 saturated heterocycles. The van der Waals surface area contributed by atoms with Gasteiger partial charge in [-0.05, 0) is 16.9 Å². The van der Waals surface area contributed by atoms with E-state index in [-0.39, 0.29) is 17.9 Å². The molecule has 0 radical (unpaired) electrons. The fraction of sp³-hybridized carbons (Fsp3) is 0.727. The number of amidine groups is 1. The van der Waals surface area contributed by atoms with Crippen molar-refractivity contribution in [2.75, 3.05) is 6.54 Å². The van der Waals surface area contributed by atoms with Gasteiger partial charge < -0.3 is 5.32 Å². The molecule has 0 aromatic rings. The Bertz CT molecular complexity index is 321. The highest BCUT2D eigenvalue weighted by Crippen LogP contribution is 2.32. The van der Waals surface area contributed by atoms with Crippen LogP contribution in [0.5, 0.6) is 0 Å². The van der Waals surface area contributed by atoms with Crippen molar-refractivity contribution < 1.29 is 13.2 Å². The lowest BCUT2D eigenvalue weighted by molar-refractivity contribution is -0.0615. The number of hydrogen-bond acceptors (Lipinski definition) is 2. The monoisotopic (exact) mass is 234 g/mol. The van der Waals surface area contributed by atoms with Crippen LogP contribution in [0.1, 0.15) is 27.7 Å². The third kappa shape index (κ3) is 3.00. The molecular weight excluding hydrogens is 217 g/mol. The Balaban J connectivity index is 2.71. The van der Waals surface area contributed by atoms with Crippen LogP contribution >= 0.6 is 0 Å². The van der Waals surface area contributed by atoms with Gasteiger partial charge in [0.25, 0.3) is 0 Å². The summed E-state index contributed by atoms with van der Waals surface area (Å²) in [6.45, 7) is 8.30. The fourth-order valence-corrected chi connectivity index (χ4v) is 1.41. The molecule has 0 spiro atoms. The lowest BCUT2D eigenvalue weighted by atomic mass is 9.77. The highest BCUT2D eigenvalue weighted by molar-refractivity contribution is 5.89. The zero-order valence-corrected chi connectivity index (χ0v) is 9.94. The molecule has 0 aromatic carbocycles. The smallest absolute Gasteiger partial charge is 0.343 e. The highest BCUT2D eigenvalue weighted by Gasteiger charge is 2.37. The third-order valence-corrected chi connectivity index (χ3v) is 2.94. The summed E-state index contributed by atoms with van der Waals surface area (Å²) in [5.41, 5.74) is 0.930. The molecule has 1 rings (SSSR count). The largest absolute Gasteiger partial charge is 0.449 e. The molecule has 1 N–H and O–H groups in total. The van der Waals surface area contributed by atoms with Gasteiger partial charge in [0.05, 0.1) is 6.54 Å². The maximum Gasteiger partial charge on any atom is 0.449 e. The van der Waals surface area contributed by atoms with Gasteiger partial charge in [-0.15, -0.1) is 0 Å². The molecule has 0 aliphatic carbocycles. The Morgan fingerprint density at radius 2 is 1.88 bits per heavy atom. The molecule has 92 valence electrons. The van der Waals surface area contributed by atoms with Crippen molar-refractivity contribution in [1.82, 2.24) is 5.32 Å². The number of nitrogens with one attached hydrogen (secondary N) is 1. The van der Waals surface area contributed by atoms with E-state index in [2.05, 4.69) is 31.1 Å². The van der Waals surface area contributed by atoms with Crippen LogP contribution in [0.25, 0.3) is 0 Å². The summed E-state index contributed by atoms with van der Waals surface area (Å²) in [6, 6.07) is 0. The van der Waals surface area contributed by atoms with Crippen LogP contribution in [-0.4, -0.2) is 18.6 Å². The molecule has 0 aromatic heterocycles. The van der Waals surface area contributed by atoms with E-state index in [0.29, 0.717) is 0 Å². The summed E-state index contributed by atoms with van der Waals surface area (Å²) in [5.74, 6) is -0.712. The lowest BCUT2D eigenvalue weighted by Crippen LogP contribution is -2.38. The van der Waals surface area contributed by atoms with Gasteiger partial charge in [0.1, 0.15) is 0 Å². The second-order valence-corrected chi connectivity index (χ2v) is 5.11. The molecular formula is C11H17F3N2. The first-order chi connectivity index (χ1) is 7.12. The van der Waals surface area contributed by atoms with Crippen molar-refractivity contribution in [1.29, 1.82) is 0 Å². The Morgan fingerprint density at radius 3 is 2.19 bits per heavy atom. The van der Waals surface area contributed by atoms with Crippen LogP contribution in [0.4, 0.5) is 13.2 Å². The third-order valence-electron chi connectivity index (χ3n) is 2.94. The van der Waals surface area contributed by atoms with Gasteiger partial charge in [-0.2, -0.15) is 13.2 Å². The summed E-state index contributed by atoms with van der Waals surface area (Å²) in [6.07, 6.45) is -2.95. The Hall–Kier alpha value is -1.00. The minimum Gasteiger partial charge on any atom is -0.343 e. The Morgan fingerprint density at radius 1 is 1.31 bits per heavy atom. The van der Waals surface area contributed by atoms with E-state index in [1.165, 1.54) is 6.20 Å². The van der Waals surface area contributed by atoms with Gasteiger partial charge in [0, 0.05) is 6.20 Å². The summed E-state index contributed by atoms with van der Waals surface area (Å²) < 4.78 is 36.8. The molecule has 1 aliphatic rings. The van der Waals surface area contributed by atoms with Crippen molar-refractivity contribution >= 4 is 5.84 Å². The molecule has 1 atom stereocenters. The second kappa shape index (κ2) is 4.11. The summed E-state index contributed by atoms with van der Waals surface area (Å²) in [7, 11) is 0. The molecule has 1 heterocycles. The quantitative estimate of drug-likeness (QED) is 0.740. The SMILES string of the molecule is C[C@H](C1=CNC(C(F)(F)F)=NC1)C(C)(C)C. The predicted molar refractivity (Wildman–Crippen MR) is 58.2 cm³/mol. The number of nitrogens with zero attached hydrogens (tertiary/aromatic N) is 1. The van der Waals surface area contributed by atoms with E-state index in [9.17, 15) is 13.2 Å². The van der Waals surface area contributed by atoms with Crippen molar-refractivity contribution in [3.8, 4) is 0 Å². The van der Waals surface area contributed by atoms with Crippen molar-refractivity contribution in [2.45, 2.75) is 33.9 Å². The highest BCUT2D eigenvalue weighted by atomic mass is 19.4. The van der Waals surface area contributed by atoms with Crippen LogP contribution < -0.4 is 5.32 Å². The Labute approximate surface area is 93.6 Å². The molecule has 0 fully saturated rings. The van der Waals surface area contributed by atoms with E-state index >= 15 is 0 Å². The van der Waals surface area contributed by atoms with Gasteiger partial charge in [-0.3, -0.25) is 4.99 Å². The molecule has 16 heavy (non-hydrogen) atoms. The van der Waals surface area contributed by atoms with E-state index in [1.54, 1.807) is 0 Å². The minimum atomic E-state index is -4.38. The topological polar surface area (TPSA) is 24.4 Å². The van der Waals surface area contributed by atoms with Gasteiger partial charge in [-0.25, -0.2) is 0 Å². The van der Waals surface area contributed by atoms with E-state index < -0.39 is 12.0 Å². The summed E-state index contributed by atoms with van der Waals surface area (Å²) in [5, 5.41) is 2.23. The molecule has 2 nitrogen and oxygen atoms in total. The fourth-order valence-electron chi connectivity index (χ4n) is 1.41. The normalized spacial score (nSPS) is 19.7. The molecule has 0 amide bonds. The van der Waals surface area contributed by atoms with E-state index in [0.717, 1.165) is 5.57 Å². The van der Waals surface area contributed by atoms with Gasteiger partial charge in [0.2, 0.25) is 5.84 Å². The minimum absolute atomic E-state index is 0.0266. The molecule has 1 aliphatic heterocycles. The van der Waals surface area contributed by atoms with Crippen LogP contribution in [-0.2, 0) is 0 Å². The number of hydrogen-bond donors (Lipinski definition) is 1. The molecule has 5 heteroatoms. The molecule has 0 saturated carbocycles. The van der Waals surface area contributed by atoms with Crippen molar-refractivity contribution in [3.63, 3.8) is 0 Å². The molecule has 0 unspecified atom stereocenters. The first-order valence-corrected chi connectivity index (χ1v) is 5.19. The zero-order chi connectivity index (χ0) is 12.6. The maximum atomic E-state index is 12.3. The number of alkyl halides is 3. The van der Waals surface area contributed by atoms with Gasteiger partial charge >= 0.3 is 6.18 Å². The van der Waals surface area contributed by atoms with Gasteiger partial charge in [0.15, 0.2) is 0 Å². The van der Waals surface area contributed by atoms with Crippen molar-refractivity contribution in [2.24, 2.45) is 16.3 Å². The van der Waals surface area contributed by atoms with E-state index in [1.807, 2.05) is 6.92 Å². The first kappa shape index (κ1) is 13.1. The number of aliphatic imine (C=N–C) groups is 1. The van der Waals surface area contributed by atoms with Crippen LogP contribution in [0.3, 0.4) is 0 Å². The standard InChI is InChI=1S/C11H17F3N2/c1-7(10(2,3)4)8-5-15-9(16-6-8)11(12,13)14/h5,7H,6H2,1-4H3,(H,15,16)/t7-/m1/s1. The van der Waals surface area contributed by atoms with Crippen LogP contribution in [0.2, 0.25) is 0 Å². The second-order valence-electron chi connectivity index (χ2n) is 5.11. The van der Waals surface area contributed by atoms with E-state index in [4.69, 9.17) is 0 Å². The average molecular weight is 234 g/mol. The number of halogens is 3. The summed E-state index contributed by atoms with van der Waals surface area (Å²) in [4.78, 5) is 3.53. The Kier molecular flexibility index (Phi) is 3.35. The van der Waals surface area contributed by atoms with Crippen LogP contribution in [0.15, 0.2) is 16.8 Å².